The number of alkyl halides is 3. The molecule has 3 rings (SSSR count). The van der Waals surface area contributed by atoms with E-state index in [-0.39, 0.29) is 31.6 Å². The van der Waals surface area contributed by atoms with Gasteiger partial charge in [0.1, 0.15) is 0 Å². The Morgan fingerprint density at radius 2 is 1.12 bits per heavy atom. The molecule has 3 aromatic rings. The molecular weight excluding hydrogens is 578 g/mol. The van der Waals surface area contributed by atoms with Gasteiger partial charge in [0.15, 0.2) is 5.60 Å². The summed E-state index contributed by atoms with van der Waals surface area (Å²) in [6.45, 7) is 9.65. The molecule has 0 saturated heterocycles. The van der Waals surface area contributed by atoms with Crippen LogP contribution in [0.5, 0.6) is 0 Å². The molecule has 0 saturated carbocycles. The average molecular weight is 606 g/mol. The molecule has 1 atom stereocenters. The van der Waals surface area contributed by atoms with Crippen LogP contribution in [0.15, 0.2) is 96.0 Å². The number of hydrogen-bond acceptors (Lipinski definition) is 2. The summed E-state index contributed by atoms with van der Waals surface area (Å²) in [5, 5.41) is 9.29. The van der Waals surface area contributed by atoms with Gasteiger partial charge < -0.3 is 5.11 Å². The third-order valence-electron chi connectivity index (χ3n) is 3.97. The number of hydrogen-bond donors (Lipinski definition) is 1. The van der Waals surface area contributed by atoms with Crippen molar-refractivity contribution in [1.29, 1.82) is 0 Å². The fourth-order valence-electron chi connectivity index (χ4n) is 2.32. The summed E-state index contributed by atoms with van der Waals surface area (Å²) in [5.74, 6) is 0. The molecule has 1 unspecified atom stereocenters. The molecule has 0 aromatic heterocycles. The number of para-hydroxylation sites is 1. The number of benzene rings is 3. The topological polar surface area (TPSA) is 32.6 Å². The Balaban J connectivity index is 0.000000525. The van der Waals surface area contributed by atoms with E-state index in [9.17, 15) is 18.3 Å². The minimum absolute atomic E-state index is 0. The molecule has 0 fully saturated rings. The van der Waals surface area contributed by atoms with E-state index in [1.165, 1.54) is 6.92 Å². The summed E-state index contributed by atoms with van der Waals surface area (Å²) in [4.78, 5) is 4.01. The second kappa shape index (κ2) is 14.7. The standard InChI is InChI=1S/C12H14F3NO.2C7H7.Hf/c1-9(8-11(2,17)12(13,14)15)16-10-6-4-3-5-7-10;2*1-7-5-3-2-4-6-7;/h3-7,17H,8H2,1-2H3;2*2-6H,1H2;/q;2*-1;. The maximum atomic E-state index is 12.4. The van der Waals surface area contributed by atoms with E-state index >= 15 is 0 Å². The van der Waals surface area contributed by atoms with Crippen molar-refractivity contribution >= 4 is 11.4 Å². The molecular formula is C26H28F3HfNO-2. The Morgan fingerprint density at radius 1 is 0.781 bits per heavy atom. The van der Waals surface area contributed by atoms with Crippen molar-refractivity contribution in [2.24, 2.45) is 4.99 Å². The average Bonchev–Trinajstić information content (AvgIpc) is 2.69. The van der Waals surface area contributed by atoms with Crippen LogP contribution in [0.1, 0.15) is 31.4 Å². The van der Waals surface area contributed by atoms with Crippen LogP contribution in [0.2, 0.25) is 0 Å². The van der Waals surface area contributed by atoms with E-state index in [4.69, 9.17) is 0 Å². The normalized spacial score (nSPS) is 12.6. The first-order valence-corrected chi connectivity index (χ1v) is 9.63. The van der Waals surface area contributed by atoms with Crippen molar-refractivity contribution in [1.82, 2.24) is 0 Å². The van der Waals surface area contributed by atoms with Crippen molar-refractivity contribution in [2.75, 3.05) is 0 Å². The van der Waals surface area contributed by atoms with Crippen molar-refractivity contribution in [3.63, 3.8) is 0 Å². The van der Waals surface area contributed by atoms with Gasteiger partial charge in [0, 0.05) is 38.0 Å². The predicted octanol–water partition coefficient (Wildman–Crippen LogP) is 7.22. The maximum absolute atomic E-state index is 12.4. The molecule has 0 bridgehead atoms. The summed E-state index contributed by atoms with van der Waals surface area (Å²) < 4.78 is 37.3. The van der Waals surface area contributed by atoms with Gasteiger partial charge in [0.2, 0.25) is 0 Å². The van der Waals surface area contributed by atoms with E-state index in [1.807, 2.05) is 60.7 Å². The van der Waals surface area contributed by atoms with Gasteiger partial charge in [-0.1, -0.05) is 30.3 Å². The number of aliphatic hydroxyl groups is 1. The SMILES string of the molecule is CC(CC(C)(O)C(F)(F)F)=Nc1ccccc1.[CH2-]c1ccccc1.[CH2-]c1ccccc1.[Hf]. The summed E-state index contributed by atoms with van der Waals surface area (Å²) >= 11 is 0. The molecule has 0 radical (unpaired) electrons. The van der Waals surface area contributed by atoms with Gasteiger partial charge in [-0.25, -0.2) is 0 Å². The Hall–Kier alpha value is -2.31. The molecule has 0 heterocycles. The molecule has 32 heavy (non-hydrogen) atoms. The molecule has 0 spiro atoms. The summed E-state index contributed by atoms with van der Waals surface area (Å²) in [7, 11) is 0. The predicted molar refractivity (Wildman–Crippen MR) is 122 cm³/mol. The third-order valence-corrected chi connectivity index (χ3v) is 3.97. The van der Waals surface area contributed by atoms with Crippen LogP contribution in [-0.4, -0.2) is 22.6 Å². The summed E-state index contributed by atoms with van der Waals surface area (Å²) in [6, 6.07) is 28.4. The molecule has 0 aliphatic carbocycles. The monoisotopic (exact) mass is 607 g/mol. The minimum atomic E-state index is -4.65. The number of halogens is 3. The van der Waals surface area contributed by atoms with Crippen molar-refractivity contribution in [2.45, 2.75) is 32.0 Å². The van der Waals surface area contributed by atoms with E-state index < -0.39 is 18.2 Å². The molecule has 3 aromatic carbocycles. The fourth-order valence-corrected chi connectivity index (χ4v) is 2.32. The van der Waals surface area contributed by atoms with Crippen molar-refractivity contribution in [3.8, 4) is 0 Å². The van der Waals surface area contributed by atoms with E-state index in [2.05, 4.69) is 18.8 Å². The first-order chi connectivity index (χ1) is 14.5. The molecule has 6 heteroatoms. The Bertz CT molecular complexity index is 859. The second-order valence-corrected chi connectivity index (χ2v) is 7.10. The van der Waals surface area contributed by atoms with Crippen molar-refractivity contribution < 1.29 is 44.1 Å². The van der Waals surface area contributed by atoms with Crippen LogP contribution in [0, 0.1) is 13.8 Å². The molecule has 0 amide bonds. The van der Waals surface area contributed by atoms with Crippen molar-refractivity contribution in [3.05, 3.63) is 116 Å². The zero-order valence-electron chi connectivity index (χ0n) is 18.3. The summed E-state index contributed by atoms with van der Waals surface area (Å²) in [5.41, 5.74) is 0.210. The number of rotatable bonds is 3. The van der Waals surface area contributed by atoms with E-state index in [0.717, 1.165) is 18.1 Å². The second-order valence-electron chi connectivity index (χ2n) is 7.10. The third kappa shape index (κ3) is 12.5. The minimum Gasteiger partial charge on any atom is -0.380 e. The van der Waals surface area contributed by atoms with E-state index in [0.29, 0.717) is 5.69 Å². The zero-order chi connectivity index (χ0) is 23.3. The van der Waals surface area contributed by atoms with Gasteiger partial charge in [-0.2, -0.15) is 62.4 Å². The van der Waals surface area contributed by atoms with Gasteiger partial charge >= 0.3 is 6.18 Å². The number of nitrogens with zero attached hydrogens (tertiary/aromatic N) is 1. The molecule has 1 N–H and O–H groups in total. The zero-order valence-corrected chi connectivity index (χ0v) is 21.9. The largest absolute Gasteiger partial charge is 0.417 e. The van der Waals surface area contributed by atoms with Crippen LogP contribution in [0.25, 0.3) is 0 Å². The number of aliphatic imine (C=N–C) groups is 1. The van der Waals surface area contributed by atoms with Gasteiger partial charge in [-0.15, -0.1) is 24.3 Å². The van der Waals surface area contributed by atoms with Gasteiger partial charge in [0.05, 0.1) is 5.69 Å². The quantitative estimate of drug-likeness (QED) is 0.191. The first kappa shape index (κ1) is 29.7. The maximum Gasteiger partial charge on any atom is 0.417 e. The van der Waals surface area contributed by atoms with Gasteiger partial charge in [-0.05, 0) is 26.0 Å². The van der Waals surface area contributed by atoms with Crippen LogP contribution in [-0.2, 0) is 25.8 Å². The Kier molecular flexibility index (Phi) is 13.6. The first-order valence-electron chi connectivity index (χ1n) is 9.63. The molecule has 0 aliphatic rings. The molecule has 170 valence electrons. The fraction of sp³-hybridized carbons (Fsp3) is 0.192. The summed E-state index contributed by atoms with van der Waals surface area (Å²) in [6.07, 6.45) is -5.19. The smallest absolute Gasteiger partial charge is 0.380 e. The molecule has 2 nitrogen and oxygen atoms in total. The van der Waals surface area contributed by atoms with Crippen LogP contribution >= 0.6 is 0 Å². The van der Waals surface area contributed by atoms with Gasteiger partial charge in [-0.3, -0.25) is 4.99 Å². The van der Waals surface area contributed by atoms with Crippen LogP contribution < -0.4 is 0 Å². The van der Waals surface area contributed by atoms with Crippen LogP contribution in [0.4, 0.5) is 18.9 Å². The van der Waals surface area contributed by atoms with Gasteiger partial charge in [0.25, 0.3) is 0 Å². The molecule has 0 aliphatic heterocycles. The Labute approximate surface area is 208 Å². The van der Waals surface area contributed by atoms with E-state index in [1.54, 1.807) is 30.3 Å². The van der Waals surface area contributed by atoms with Crippen LogP contribution in [0.3, 0.4) is 0 Å². The Morgan fingerprint density at radius 3 is 1.41 bits per heavy atom.